The van der Waals surface area contributed by atoms with Crippen molar-refractivity contribution in [1.82, 2.24) is 5.32 Å². The Labute approximate surface area is 179 Å². The molecule has 23 heavy (non-hydrogen) atoms. The van der Waals surface area contributed by atoms with Gasteiger partial charge in [0.1, 0.15) is 0 Å². The van der Waals surface area contributed by atoms with Crippen LogP contribution in [-0.2, 0) is 20.8 Å². The first-order valence-electron chi connectivity index (χ1n) is 7.12. The molecule has 0 aliphatic rings. The predicted molar refractivity (Wildman–Crippen MR) is 81.9 cm³/mol. The standard InChI is InChI=1S/C17H21FNO3.K/c1-11-5-7-14(8-6-11)9-15(13(3)21)19-16(22)12(2)17(4,18)10-20;/h5-8,12,15H,9H2,1-4H3,(H,19,22);/q-1;+1. The molecule has 6 heteroatoms. The van der Waals surface area contributed by atoms with Crippen LogP contribution in [0.2, 0.25) is 0 Å². The summed E-state index contributed by atoms with van der Waals surface area (Å²) >= 11 is 0. The number of aryl methyl sites for hydroxylation is 1. The number of hydrogen-bond acceptors (Lipinski definition) is 3. The van der Waals surface area contributed by atoms with Crippen molar-refractivity contribution in [2.45, 2.75) is 45.8 Å². The van der Waals surface area contributed by atoms with Gasteiger partial charge in [-0.05, 0) is 25.8 Å². The Kier molecular flexibility index (Phi) is 9.61. The van der Waals surface area contributed by atoms with Crippen LogP contribution in [0.25, 0.3) is 0 Å². The second-order valence-electron chi connectivity index (χ2n) is 5.76. The molecular weight excluding hydrogens is 324 g/mol. The topological polar surface area (TPSA) is 63.2 Å². The normalized spacial score (nSPS) is 15.5. The molecule has 120 valence electrons. The van der Waals surface area contributed by atoms with Gasteiger partial charge in [0, 0.05) is 11.6 Å². The Bertz CT molecular complexity index is 557. The summed E-state index contributed by atoms with van der Waals surface area (Å²) in [6.45, 7) is 5.61. The number of halogens is 1. The second kappa shape index (κ2) is 9.79. The average molecular weight is 345 g/mol. The third-order valence-electron chi connectivity index (χ3n) is 3.77. The van der Waals surface area contributed by atoms with Crippen LogP contribution in [0.4, 0.5) is 4.39 Å². The van der Waals surface area contributed by atoms with Gasteiger partial charge in [-0.25, -0.2) is 6.29 Å². The van der Waals surface area contributed by atoms with Crippen molar-refractivity contribution in [3.8, 4) is 0 Å². The molecule has 1 N–H and O–H groups in total. The van der Waals surface area contributed by atoms with Gasteiger partial charge in [0.25, 0.3) is 0 Å². The summed E-state index contributed by atoms with van der Waals surface area (Å²) in [5.41, 5.74) is -0.394. The predicted octanol–water partition coefficient (Wildman–Crippen LogP) is -0.911. The van der Waals surface area contributed by atoms with Gasteiger partial charge in [0.2, 0.25) is 5.91 Å². The van der Waals surface area contributed by atoms with Gasteiger partial charge in [-0.3, -0.25) is 14.0 Å². The van der Waals surface area contributed by atoms with Gasteiger partial charge < -0.3 is 10.1 Å². The first-order valence-corrected chi connectivity index (χ1v) is 7.12. The van der Waals surface area contributed by atoms with Crippen molar-refractivity contribution in [3.05, 3.63) is 35.4 Å². The van der Waals surface area contributed by atoms with E-state index in [2.05, 4.69) is 5.32 Å². The summed E-state index contributed by atoms with van der Waals surface area (Å²) in [5.74, 6) is -2.12. The van der Waals surface area contributed by atoms with E-state index in [0.29, 0.717) is 6.42 Å². The van der Waals surface area contributed by atoms with E-state index >= 15 is 0 Å². The molecule has 1 aromatic rings. The van der Waals surface area contributed by atoms with Crippen LogP contribution in [0, 0.1) is 12.8 Å². The fourth-order valence-corrected chi connectivity index (χ4v) is 1.89. The summed E-state index contributed by atoms with van der Waals surface area (Å²) in [6.07, 6.45) is 1.54. The smallest absolute Gasteiger partial charge is 0.539 e. The average Bonchev–Trinajstić information content (AvgIpc) is 2.47. The maximum Gasteiger partial charge on any atom is 1.00 e. The Balaban J connectivity index is 0.00000484. The van der Waals surface area contributed by atoms with Crippen LogP contribution in [0.3, 0.4) is 0 Å². The molecule has 1 amide bonds. The fourth-order valence-electron chi connectivity index (χ4n) is 1.89. The first-order chi connectivity index (χ1) is 10.2. The van der Waals surface area contributed by atoms with Gasteiger partial charge in [0.15, 0.2) is 5.78 Å². The van der Waals surface area contributed by atoms with E-state index < -0.39 is 23.5 Å². The summed E-state index contributed by atoms with van der Waals surface area (Å²) < 4.78 is 13.8. The number of amides is 1. The molecule has 0 aromatic heterocycles. The Morgan fingerprint density at radius 2 is 1.83 bits per heavy atom. The summed E-state index contributed by atoms with van der Waals surface area (Å²) in [7, 11) is 0. The maximum absolute atomic E-state index is 13.8. The maximum atomic E-state index is 13.8. The molecule has 3 unspecified atom stereocenters. The molecule has 0 saturated heterocycles. The number of rotatable bonds is 7. The Morgan fingerprint density at radius 1 is 1.30 bits per heavy atom. The molecule has 1 rings (SSSR count). The molecule has 0 radical (unpaired) electrons. The SMILES string of the molecule is CC(=O)C(Cc1ccc(C)cc1)NC(=O)C(C)C(C)(F)[C-]=O.[K+]. The largest absolute Gasteiger partial charge is 1.00 e. The van der Waals surface area contributed by atoms with Crippen molar-refractivity contribution in [3.63, 3.8) is 0 Å². The third-order valence-corrected chi connectivity index (χ3v) is 3.77. The Hall–Kier alpha value is -0.404. The first kappa shape index (κ1) is 22.6. The van der Waals surface area contributed by atoms with Gasteiger partial charge in [-0.1, -0.05) is 43.7 Å². The summed E-state index contributed by atoms with van der Waals surface area (Å²) in [6, 6.07) is 6.83. The van der Waals surface area contributed by atoms with E-state index in [1.54, 1.807) is 0 Å². The van der Waals surface area contributed by atoms with E-state index in [1.165, 1.54) is 20.1 Å². The quantitative estimate of drug-likeness (QED) is 0.514. The van der Waals surface area contributed by atoms with Crippen molar-refractivity contribution in [2.24, 2.45) is 5.92 Å². The van der Waals surface area contributed by atoms with E-state index in [9.17, 15) is 18.8 Å². The zero-order valence-electron chi connectivity index (χ0n) is 14.3. The number of alkyl halides is 1. The molecule has 0 saturated carbocycles. The number of Topliss-reactive ketones (excluding diaryl/α,β-unsaturated/α-hetero) is 1. The van der Waals surface area contributed by atoms with Crippen LogP contribution in [0.5, 0.6) is 0 Å². The van der Waals surface area contributed by atoms with Crippen molar-refractivity contribution in [2.75, 3.05) is 0 Å². The molecule has 0 heterocycles. The Morgan fingerprint density at radius 3 is 2.26 bits per heavy atom. The minimum atomic E-state index is -2.38. The second-order valence-corrected chi connectivity index (χ2v) is 5.76. The van der Waals surface area contributed by atoms with Crippen molar-refractivity contribution < 1.29 is 70.2 Å². The number of nitrogens with one attached hydrogen (secondary N) is 1. The fraction of sp³-hybridized carbons (Fsp3) is 0.471. The molecule has 4 nitrogen and oxygen atoms in total. The molecule has 0 bridgehead atoms. The molecule has 0 aliphatic heterocycles. The van der Waals surface area contributed by atoms with Crippen LogP contribution in [0.1, 0.15) is 31.9 Å². The summed E-state index contributed by atoms with van der Waals surface area (Å²) in [4.78, 5) is 34.3. The molecule has 1 aromatic carbocycles. The van der Waals surface area contributed by atoms with E-state index in [0.717, 1.165) is 18.1 Å². The van der Waals surface area contributed by atoms with E-state index in [-0.39, 0.29) is 57.2 Å². The number of hydrogen-bond donors (Lipinski definition) is 1. The van der Waals surface area contributed by atoms with Gasteiger partial charge in [0.05, 0.1) is 6.04 Å². The van der Waals surface area contributed by atoms with Crippen molar-refractivity contribution in [1.29, 1.82) is 0 Å². The number of ketones is 1. The van der Waals surface area contributed by atoms with Gasteiger partial charge in [-0.2, -0.15) is 0 Å². The molecule has 0 spiro atoms. The van der Waals surface area contributed by atoms with Crippen LogP contribution < -0.4 is 56.7 Å². The summed E-state index contributed by atoms with van der Waals surface area (Å²) in [5, 5.41) is 2.51. The third kappa shape index (κ3) is 6.93. The van der Waals surface area contributed by atoms with Crippen LogP contribution in [0.15, 0.2) is 24.3 Å². The monoisotopic (exact) mass is 345 g/mol. The molecule has 0 aliphatic carbocycles. The number of carbonyl (C=O) groups excluding carboxylic acids is 3. The minimum absolute atomic E-state index is 0. The molecule has 0 fully saturated rings. The number of benzene rings is 1. The van der Waals surface area contributed by atoms with Crippen LogP contribution >= 0.6 is 0 Å². The zero-order chi connectivity index (χ0) is 16.9. The van der Waals surface area contributed by atoms with E-state index in [4.69, 9.17) is 0 Å². The molecule has 3 atom stereocenters. The molecular formula is C17H21FKNO3. The van der Waals surface area contributed by atoms with Crippen LogP contribution in [-0.4, -0.2) is 29.7 Å². The number of carbonyl (C=O) groups is 2. The van der Waals surface area contributed by atoms with Gasteiger partial charge in [-0.15, -0.1) is 0 Å². The zero-order valence-corrected chi connectivity index (χ0v) is 17.4. The van der Waals surface area contributed by atoms with E-state index in [1.807, 2.05) is 31.2 Å². The van der Waals surface area contributed by atoms with Crippen molar-refractivity contribution >= 4 is 18.0 Å². The van der Waals surface area contributed by atoms with Gasteiger partial charge >= 0.3 is 51.4 Å². The minimum Gasteiger partial charge on any atom is -0.539 e.